The second kappa shape index (κ2) is 7.26. The SMILES string of the molecule is CC#CCn1c(Br)nc2cnn(Cc3ncc(C#N)c4ccccc34)c(=O)c21. The predicted octanol–water partition coefficient (Wildman–Crippen LogP) is 2.85. The van der Waals surface area contributed by atoms with E-state index in [1.54, 1.807) is 17.7 Å². The van der Waals surface area contributed by atoms with Crippen molar-refractivity contribution in [3.05, 3.63) is 63.0 Å². The van der Waals surface area contributed by atoms with E-state index in [4.69, 9.17) is 0 Å². The van der Waals surface area contributed by atoms with E-state index in [2.05, 4.69) is 48.9 Å². The van der Waals surface area contributed by atoms with Crippen LogP contribution in [0.3, 0.4) is 0 Å². The molecule has 0 fully saturated rings. The highest BCUT2D eigenvalue weighted by Gasteiger charge is 2.15. The fourth-order valence-corrected chi connectivity index (χ4v) is 3.57. The van der Waals surface area contributed by atoms with E-state index < -0.39 is 0 Å². The first-order valence-electron chi connectivity index (χ1n) is 8.42. The van der Waals surface area contributed by atoms with E-state index in [0.717, 1.165) is 10.8 Å². The maximum atomic E-state index is 13.1. The second-order valence-electron chi connectivity index (χ2n) is 6.01. The van der Waals surface area contributed by atoms with Crippen LogP contribution in [0.2, 0.25) is 0 Å². The molecule has 0 atom stereocenters. The number of fused-ring (bicyclic) bond motifs is 2. The summed E-state index contributed by atoms with van der Waals surface area (Å²) in [5.41, 5.74) is 1.83. The van der Waals surface area contributed by atoms with E-state index >= 15 is 0 Å². The van der Waals surface area contributed by atoms with Gasteiger partial charge in [-0.1, -0.05) is 30.2 Å². The quantitative estimate of drug-likeness (QED) is 0.464. The second-order valence-corrected chi connectivity index (χ2v) is 6.72. The van der Waals surface area contributed by atoms with E-state index in [0.29, 0.717) is 33.6 Å². The lowest BCUT2D eigenvalue weighted by Gasteiger charge is -2.09. The Balaban J connectivity index is 1.86. The van der Waals surface area contributed by atoms with E-state index in [9.17, 15) is 10.1 Å². The summed E-state index contributed by atoms with van der Waals surface area (Å²) in [5.74, 6) is 5.77. The third-order valence-electron chi connectivity index (χ3n) is 4.42. The van der Waals surface area contributed by atoms with Crippen LogP contribution >= 0.6 is 15.9 Å². The minimum atomic E-state index is -0.274. The highest BCUT2D eigenvalue weighted by molar-refractivity contribution is 9.10. The summed E-state index contributed by atoms with van der Waals surface area (Å²) >= 11 is 3.38. The van der Waals surface area contributed by atoms with Crippen molar-refractivity contribution in [3.8, 4) is 17.9 Å². The van der Waals surface area contributed by atoms with Gasteiger partial charge in [-0.2, -0.15) is 10.4 Å². The van der Waals surface area contributed by atoms with Crippen molar-refractivity contribution < 1.29 is 0 Å². The molecule has 3 heterocycles. The summed E-state index contributed by atoms with van der Waals surface area (Å²) in [6, 6.07) is 9.66. The molecule has 8 heteroatoms. The van der Waals surface area contributed by atoms with Crippen LogP contribution in [0, 0.1) is 23.2 Å². The Morgan fingerprint density at radius 2 is 2.00 bits per heavy atom. The van der Waals surface area contributed by atoms with Gasteiger partial charge in [-0.15, -0.1) is 5.92 Å². The number of benzene rings is 1. The first-order chi connectivity index (χ1) is 13.6. The number of nitriles is 1. The Morgan fingerprint density at radius 1 is 1.21 bits per heavy atom. The number of pyridine rings is 1. The van der Waals surface area contributed by atoms with Crippen molar-refractivity contribution >= 4 is 37.7 Å². The molecule has 136 valence electrons. The van der Waals surface area contributed by atoms with Gasteiger partial charge in [0.15, 0.2) is 4.73 Å². The first-order valence-corrected chi connectivity index (χ1v) is 9.21. The fraction of sp³-hybridized carbons (Fsp3) is 0.150. The molecular formula is C20H13BrN6O. The van der Waals surface area contributed by atoms with Crippen LogP contribution in [-0.2, 0) is 13.1 Å². The molecule has 3 aromatic heterocycles. The van der Waals surface area contributed by atoms with Crippen LogP contribution in [-0.4, -0.2) is 24.3 Å². The highest BCUT2D eigenvalue weighted by atomic mass is 79.9. The number of hydrogen-bond donors (Lipinski definition) is 0. The van der Waals surface area contributed by atoms with Crippen molar-refractivity contribution in [1.82, 2.24) is 24.3 Å². The van der Waals surface area contributed by atoms with Gasteiger partial charge in [0.25, 0.3) is 5.56 Å². The molecule has 7 nitrogen and oxygen atoms in total. The van der Waals surface area contributed by atoms with Gasteiger partial charge in [0, 0.05) is 17.0 Å². The molecule has 0 saturated heterocycles. The van der Waals surface area contributed by atoms with E-state index in [-0.39, 0.29) is 12.1 Å². The van der Waals surface area contributed by atoms with Crippen LogP contribution in [0.1, 0.15) is 18.2 Å². The van der Waals surface area contributed by atoms with Crippen molar-refractivity contribution in [2.75, 3.05) is 0 Å². The van der Waals surface area contributed by atoms with Crippen molar-refractivity contribution in [2.24, 2.45) is 0 Å². The van der Waals surface area contributed by atoms with Crippen LogP contribution in [0.5, 0.6) is 0 Å². The van der Waals surface area contributed by atoms with Crippen molar-refractivity contribution in [3.63, 3.8) is 0 Å². The number of halogens is 1. The van der Waals surface area contributed by atoms with Gasteiger partial charge in [-0.05, 0) is 22.9 Å². The Labute approximate surface area is 168 Å². The highest BCUT2D eigenvalue weighted by Crippen LogP contribution is 2.21. The number of nitrogens with zero attached hydrogens (tertiary/aromatic N) is 6. The molecule has 0 N–H and O–H groups in total. The molecule has 0 aliphatic heterocycles. The third kappa shape index (κ3) is 2.94. The summed E-state index contributed by atoms with van der Waals surface area (Å²) in [5, 5.41) is 15.2. The van der Waals surface area contributed by atoms with Crippen molar-refractivity contribution in [1.29, 1.82) is 5.26 Å². The lowest BCUT2D eigenvalue weighted by Crippen LogP contribution is -2.25. The van der Waals surface area contributed by atoms with Gasteiger partial charge in [-0.3, -0.25) is 9.78 Å². The Bertz CT molecular complexity index is 1380. The molecule has 28 heavy (non-hydrogen) atoms. The molecule has 1 aromatic carbocycles. The molecule has 0 amide bonds. The monoisotopic (exact) mass is 432 g/mol. The largest absolute Gasteiger partial charge is 0.302 e. The molecule has 0 aliphatic rings. The molecule has 0 aliphatic carbocycles. The predicted molar refractivity (Wildman–Crippen MR) is 108 cm³/mol. The number of aromatic nitrogens is 5. The fourth-order valence-electron chi connectivity index (χ4n) is 3.08. The summed E-state index contributed by atoms with van der Waals surface area (Å²) in [6.07, 6.45) is 3.09. The summed E-state index contributed by atoms with van der Waals surface area (Å²) < 4.78 is 3.60. The third-order valence-corrected chi connectivity index (χ3v) is 5.02. The van der Waals surface area contributed by atoms with Gasteiger partial charge >= 0.3 is 0 Å². The standard InChI is InChI=1S/C20H13BrN6O/c1-2-3-8-26-18-16(25-20(26)21)11-24-27(19(18)28)12-17-15-7-5-4-6-14(15)13(9-22)10-23-17/h4-7,10-11H,8,12H2,1H3. The molecule has 0 radical (unpaired) electrons. The normalized spacial score (nSPS) is 10.6. The minimum Gasteiger partial charge on any atom is -0.302 e. The average Bonchev–Trinajstić information content (AvgIpc) is 3.04. The lowest BCUT2D eigenvalue weighted by molar-refractivity contribution is 0.634. The Hall–Kier alpha value is -3.49. The Kier molecular flexibility index (Phi) is 4.64. The molecular weight excluding hydrogens is 420 g/mol. The molecule has 0 saturated carbocycles. The van der Waals surface area contributed by atoms with Crippen LogP contribution in [0.15, 0.2) is 46.2 Å². The van der Waals surface area contributed by atoms with Gasteiger partial charge in [-0.25, -0.2) is 9.67 Å². The maximum absolute atomic E-state index is 13.1. The van der Waals surface area contributed by atoms with Crippen LogP contribution < -0.4 is 5.56 Å². The minimum absolute atomic E-state index is 0.184. The zero-order chi connectivity index (χ0) is 19.7. The zero-order valence-electron chi connectivity index (χ0n) is 14.8. The van der Waals surface area contributed by atoms with Gasteiger partial charge in [0.2, 0.25) is 0 Å². The van der Waals surface area contributed by atoms with E-state index in [1.807, 2.05) is 24.3 Å². The molecule has 0 spiro atoms. The first kappa shape index (κ1) is 17.9. The number of rotatable bonds is 3. The zero-order valence-corrected chi connectivity index (χ0v) is 16.4. The molecule has 0 bridgehead atoms. The number of hydrogen-bond acceptors (Lipinski definition) is 5. The van der Waals surface area contributed by atoms with Crippen LogP contribution in [0.4, 0.5) is 0 Å². The van der Waals surface area contributed by atoms with Gasteiger partial charge < -0.3 is 4.57 Å². The number of imidazole rings is 1. The lowest BCUT2D eigenvalue weighted by atomic mass is 10.1. The summed E-state index contributed by atoms with van der Waals surface area (Å²) in [7, 11) is 0. The average molecular weight is 433 g/mol. The van der Waals surface area contributed by atoms with E-state index in [1.165, 1.54) is 10.9 Å². The Morgan fingerprint density at radius 3 is 2.75 bits per heavy atom. The van der Waals surface area contributed by atoms with Crippen LogP contribution in [0.25, 0.3) is 21.8 Å². The van der Waals surface area contributed by atoms with Gasteiger partial charge in [0.05, 0.1) is 30.5 Å². The topological polar surface area (TPSA) is 89.4 Å². The molecule has 0 unspecified atom stereocenters. The van der Waals surface area contributed by atoms with Crippen molar-refractivity contribution in [2.45, 2.75) is 20.0 Å². The van der Waals surface area contributed by atoms with Gasteiger partial charge in [0.1, 0.15) is 17.1 Å². The summed E-state index contributed by atoms with van der Waals surface area (Å²) in [6.45, 7) is 2.28. The smallest absolute Gasteiger partial charge is 0.293 e. The molecule has 4 rings (SSSR count). The maximum Gasteiger partial charge on any atom is 0.293 e. The molecule has 4 aromatic rings. The summed E-state index contributed by atoms with van der Waals surface area (Å²) in [4.78, 5) is 21.8.